The van der Waals surface area contributed by atoms with Crippen molar-refractivity contribution in [2.75, 3.05) is 0 Å². The van der Waals surface area contributed by atoms with Crippen molar-refractivity contribution in [2.24, 2.45) is 0 Å². The summed E-state index contributed by atoms with van der Waals surface area (Å²) in [5.41, 5.74) is 4.36. The summed E-state index contributed by atoms with van der Waals surface area (Å²) in [4.78, 5) is 12.0. The van der Waals surface area contributed by atoms with Gasteiger partial charge in [0.15, 0.2) is 0 Å². The fraction of sp³-hybridized carbons (Fsp3) is 0.611. The fourth-order valence-electron chi connectivity index (χ4n) is 4.53. The van der Waals surface area contributed by atoms with Gasteiger partial charge in [-0.2, -0.15) is 0 Å². The van der Waals surface area contributed by atoms with Crippen LogP contribution in [0.15, 0.2) is 0 Å². The van der Waals surface area contributed by atoms with Crippen molar-refractivity contribution in [3.63, 3.8) is 0 Å². The molecule has 0 saturated heterocycles. The van der Waals surface area contributed by atoms with E-state index in [4.69, 9.17) is 0 Å². The Balaban J connectivity index is 2.28. The highest BCUT2D eigenvalue weighted by atomic mass is 16.4. The van der Waals surface area contributed by atoms with Gasteiger partial charge in [0.2, 0.25) is 0 Å². The quantitative estimate of drug-likeness (QED) is 0.870. The molecule has 1 saturated carbocycles. The molecule has 0 amide bonds. The zero-order valence-electron chi connectivity index (χ0n) is 13.0. The maximum absolute atomic E-state index is 12.0. The number of phenols is 1. The van der Waals surface area contributed by atoms with Crippen LogP contribution >= 0.6 is 0 Å². The molecular formula is C18H24O3. The third kappa shape index (κ3) is 1.97. The number of phenolic OH excluding ortho intramolecular Hbond substituents is 1. The fourth-order valence-corrected chi connectivity index (χ4v) is 4.53. The highest BCUT2D eigenvalue weighted by Gasteiger charge is 2.46. The Bertz CT molecular complexity index is 595. The molecule has 0 heterocycles. The minimum Gasteiger partial charge on any atom is -0.507 e. The third-order valence-electron chi connectivity index (χ3n) is 5.69. The van der Waals surface area contributed by atoms with E-state index in [9.17, 15) is 15.0 Å². The predicted octanol–water partition coefficient (Wildman–Crippen LogP) is 3.78. The van der Waals surface area contributed by atoms with Gasteiger partial charge in [-0.1, -0.05) is 12.8 Å². The molecule has 0 unspecified atom stereocenters. The van der Waals surface area contributed by atoms with E-state index in [2.05, 4.69) is 0 Å². The topological polar surface area (TPSA) is 57.5 Å². The predicted molar refractivity (Wildman–Crippen MR) is 82.0 cm³/mol. The Labute approximate surface area is 126 Å². The molecule has 1 aromatic rings. The van der Waals surface area contributed by atoms with Crippen molar-refractivity contribution < 1.29 is 15.0 Å². The minimum absolute atomic E-state index is 0.248. The van der Waals surface area contributed by atoms with E-state index in [0.717, 1.165) is 49.7 Å². The Morgan fingerprint density at radius 3 is 2.00 bits per heavy atom. The van der Waals surface area contributed by atoms with Gasteiger partial charge in [-0.25, -0.2) is 0 Å². The summed E-state index contributed by atoms with van der Waals surface area (Å²) in [7, 11) is 0. The summed E-state index contributed by atoms with van der Waals surface area (Å²) in [5, 5.41) is 20.6. The van der Waals surface area contributed by atoms with E-state index in [1.165, 1.54) is 11.1 Å². The SMILES string of the molecule is Cc1c(O)c(C2(C(=O)O)CCCC2)c(C)c2c1CCCC2. The van der Waals surface area contributed by atoms with Crippen LogP contribution in [-0.4, -0.2) is 16.2 Å². The zero-order chi connectivity index (χ0) is 15.2. The van der Waals surface area contributed by atoms with Crippen LogP contribution in [0.3, 0.4) is 0 Å². The number of carbonyl (C=O) groups is 1. The molecular weight excluding hydrogens is 264 g/mol. The monoisotopic (exact) mass is 288 g/mol. The Hall–Kier alpha value is -1.51. The number of aliphatic carboxylic acids is 1. The van der Waals surface area contributed by atoms with E-state index >= 15 is 0 Å². The summed E-state index contributed by atoms with van der Waals surface area (Å²) in [6, 6.07) is 0. The summed E-state index contributed by atoms with van der Waals surface area (Å²) in [5.74, 6) is -0.522. The number of aromatic hydroxyl groups is 1. The molecule has 0 spiro atoms. The largest absolute Gasteiger partial charge is 0.507 e. The first-order valence-electron chi connectivity index (χ1n) is 8.07. The molecule has 0 aromatic heterocycles. The van der Waals surface area contributed by atoms with Crippen LogP contribution < -0.4 is 0 Å². The number of benzene rings is 1. The van der Waals surface area contributed by atoms with Gasteiger partial charge in [-0.3, -0.25) is 4.79 Å². The third-order valence-corrected chi connectivity index (χ3v) is 5.69. The van der Waals surface area contributed by atoms with Crippen LogP contribution in [0.4, 0.5) is 0 Å². The van der Waals surface area contributed by atoms with Crippen LogP contribution in [0.1, 0.15) is 66.3 Å². The van der Waals surface area contributed by atoms with E-state index in [1.807, 2.05) is 13.8 Å². The normalized spacial score (nSPS) is 20.3. The van der Waals surface area contributed by atoms with Gasteiger partial charge < -0.3 is 10.2 Å². The summed E-state index contributed by atoms with van der Waals surface area (Å²) in [6.45, 7) is 3.97. The lowest BCUT2D eigenvalue weighted by Crippen LogP contribution is -2.34. The molecule has 3 nitrogen and oxygen atoms in total. The molecule has 21 heavy (non-hydrogen) atoms. The van der Waals surface area contributed by atoms with Gasteiger partial charge in [-0.05, 0) is 74.6 Å². The standard InChI is InChI=1S/C18H24O3/c1-11-13-7-3-4-8-14(13)12(2)16(19)15(11)18(17(20)21)9-5-6-10-18/h19H,3-10H2,1-2H3,(H,20,21). The highest BCUT2D eigenvalue weighted by Crippen LogP contribution is 2.49. The molecule has 3 heteroatoms. The number of carboxylic acids is 1. The Morgan fingerprint density at radius 1 is 0.952 bits per heavy atom. The Morgan fingerprint density at radius 2 is 1.48 bits per heavy atom. The molecule has 0 atom stereocenters. The maximum atomic E-state index is 12.0. The van der Waals surface area contributed by atoms with E-state index in [-0.39, 0.29) is 5.75 Å². The zero-order valence-corrected chi connectivity index (χ0v) is 13.0. The lowest BCUT2D eigenvalue weighted by atomic mass is 9.72. The molecule has 2 N–H and O–H groups in total. The highest BCUT2D eigenvalue weighted by molar-refractivity contribution is 5.84. The maximum Gasteiger partial charge on any atom is 0.314 e. The summed E-state index contributed by atoms with van der Waals surface area (Å²) >= 11 is 0. The second kappa shape index (κ2) is 5.04. The van der Waals surface area contributed by atoms with Crippen LogP contribution in [0.2, 0.25) is 0 Å². The number of hydrogen-bond acceptors (Lipinski definition) is 2. The first-order valence-corrected chi connectivity index (χ1v) is 8.07. The average molecular weight is 288 g/mol. The van der Waals surface area contributed by atoms with Crippen LogP contribution in [0, 0.1) is 13.8 Å². The van der Waals surface area contributed by atoms with Gasteiger partial charge in [0.25, 0.3) is 0 Å². The molecule has 2 aliphatic carbocycles. The summed E-state index contributed by atoms with van der Waals surface area (Å²) < 4.78 is 0. The first kappa shape index (κ1) is 14.4. The molecule has 1 aromatic carbocycles. The van der Waals surface area contributed by atoms with Crippen molar-refractivity contribution in [1.29, 1.82) is 0 Å². The second-order valence-corrected chi connectivity index (χ2v) is 6.73. The number of carboxylic acid groups (broad SMARTS) is 1. The smallest absolute Gasteiger partial charge is 0.314 e. The molecule has 0 bridgehead atoms. The van der Waals surface area contributed by atoms with Crippen LogP contribution in [-0.2, 0) is 23.1 Å². The molecule has 3 rings (SSSR count). The molecule has 2 aliphatic rings. The van der Waals surface area contributed by atoms with Gasteiger partial charge >= 0.3 is 5.97 Å². The second-order valence-electron chi connectivity index (χ2n) is 6.73. The van der Waals surface area contributed by atoms with Crippen molar-refractivity contribution in [1.82, 2.24) is 0 Å². The van der Waals surface area contributed by atoms with E-state index < -0.39 is 11.4 Å². The molecule has 1 fully saturated rings. The Kier molecular flexibility index (Phi) is 3.46. The van der Waals surface area contributed by atoms with Crippen molar-refractivity contribution in [2.45, 2.75) is 70.6 Å². The van der Waals surface area contributed by atoms with Gasteiger partial charge in [0.05, 0.1) is 5.41 Å². The molecule has 0 aliphatic heterocycles. The molecule has 114 valence electrons. The van der Waals surface area contributed by atoms with Gasteiger partial charge in [0, 0.05) is 5.56 Å². The van der Waals surface area contributed by atoms with E-state index in [1.54, 1.807) is 0 Å². The minimum atomic E-state index is -0.870. The van der Waals surface area contributed by atoms with Gasteiger partial charge in [0.1, 0.15) is 5.75 Å². The van der Waals surface area contributed by atoms with Crippen molar-refractivity contribution in [3.8, 4) is 5.75 Å². The number of hydrogen-bond donors (Lipinski definition) is 2. The van der Waals surface area contributed by atoms with Gasteiger partial charge in [-0.15, -0.1) is 0 Å². The van der Waals surface area contributed by atoms with Crippen molar-refractivity contribution in [3.05, 3.63) is 27.8 Å². The van der Waals surface area contributed by atoms with Crippen molar-refractivity contribution >= 4 is 5.97 Å². The number of fused-ring (bicyclic) bond motifs is 1. The molecule has 0 radical (unpaired) electrons. The van der Waals surface area contributed by atoms with E-state index in [0.29, 0.717) is 18.4 Å². The average Bonchev–Trinajstić information content (AvgIpc) is 2.96. The van der Waals surface area contributed by atoms with Crippen LogP contribution in [0.5, 0.6) is 5.75 Å². The number of rotatable bonds is 2. The lowest BCUT2D eigenvalue weighted by molar-refractivity contribution is -0.143. The summed E-state index contributed by atoms with van der Waals surface area (Å²) in [6.07, 6.45) is 7.52. The lowest BCUT2D eigenvalue weighted by Gasteiger charge is -2.32. The first-order chi connectivity index (χ1) is 9.99. The van der Waals surface area contributed by atoms with Crippen LogP contribution in [0.25, 0.3) is 0 Å².